The van der Waals surface area contributed by atoms with Crippen LogP contribution in [0, 0.1) is 12.8 Å². The molecule has 0 saturated carbocycles. The maximum Gasteiger partial charge on any atom is 0.123 e. The van der Waals surface area contributed by atoms with Gasteiger partial charge in [0.25, 0.3) is 0 Å². The van der Waals surface area contributed by atoms with Gasteiger partial charge < -0.3 is 10.1 Å². The highest BCUT2D eigenvalue weighted by Crippen LogP contribution is 2.25. The van der Waals surface area contributed by atoms with E-state index in [-0.39, 0.29) is 0 Å². The zero-order valence-electron chi connectivity index (χ0n) is 13.1. The molecule has 1 aromatic heterocycles. The van der Waals surface area contributed by atoms with E-state index in [0.29, 0.717) is 5.92 Å². The van der Waals surface area contributed by atoms with Gasteiger partial charge in [-0.25, -0.2) is 4.98 Å². The van der Waals surface area contributed by atoms with Gasteiger partial charge >= 0.3 is 0 Å². The first-order valence-electron chi connectivity index (χ1n) is 7.51. The van der Waals surface area contributed by atoms with Crippen LogP contribution in [0.5, 0.6) is 5.75 Å². The SMILES string of the molecule is Cc1csc(-c2ccc(OCCCNCC(C)C)cc2)n1. The van der Waals surface area contributed by atoms with Crippen molar-refractivity contribution in [2.24, 2.45) is 5.92 Å². The van der Waals surface area contributed by atoms with Gasteiger partial charge in [0.1, 0.15) is 10.8 Å². The molecule has 0 aliphatic carbocycles. The molecule has 0 atom stereocenters. The molecule has 3 nitrogen and oxygen atoms in total. The van der Waals surface area contributed by atoms with Gasteiger partial charge in [-0.1, -0.05) is 13.8 Å². The molecule has 1 N–H and O–H groups in total. The predicted octanol–water partition coefficient (Wildman–Crippen LogP) is 4.13. The molecule has 0 aliphatic heterocycles. The second-order valence-corrected chi connectivity index (χ2v) is 6.48. The van der Waals surface area contributed by atoms with Crippen LogP contribution in [-0.2, 0) is 0 Å². The number of nitrogens with zero attached hydrogens (tertiary/aromatic N) is 1. The van der Waals surface area contributed by atoms with Crippen LogP contribution in [0.3, 0.4) is 0 Å². The van der Waals surface area contributed by atoms with Crippen LogP contribution in [0.4, 0.5) is 0 Å². The van der Waals surface area contributed by atoms with Gasteiger partial charge in [0, 0.05) is 16.6 Å². The van der Waals surface area contributed by atoms with Gasteiger partial charge in [0.05, 0.1) is 6.61 Å². The summed E-state index contributed by atoms with van der Waals surface area (Å²) in [5.41, 5.74) is 2.23. The van der Waals surface area contributed by atoms with Crippen LogP contribution in [-0.4, -0.2) is 24.7 Å². The van der Waals surface area contributed by atoms with Crippen molar-refractivity contribution >= 4 is 11.3 Å². The molecule has 1 aromatic carbocycles. The highest BCUT2D eigenvalue weighted by Gasteiger charge is 2.02. The van der Waals surface area contributed by atoms with Gasteiger partial charge in [-0.05, 0) is 56.6 Å². The van der Waals surface area contributed by atoms with Crippen molar-refractivity contribution in [3.05, 3.63) is 35.3 Å². The van der Waals surface area contributed by atoms with E-state index >= 15 is 0 Å². The number of benzene rings is 1. The van der Waals surface area contributed by atoms with Crippen LogP contribution >= 0.6 is 11.3 Å². The Labute approximate surface area is 131 Å². The summed E-state index contributed by atoms with van der Waals surface area (Å²) >= 11 is 1.68. The third-order valence-electron chi connectivity index (χ3n) is 3.04. The van der Waals surface area contributed by atoms with Crippen molar-refractivity contribution in [3.63, 3.8) is 0 Å². The Morgan fingerprint density at radius 2 is 2.00 bits per heavy atom. The number of aryl methyl sites for hydroxylation is 1. The maximum absolute atomic E-state index is 5.75. The standard InChI is InChI=1S/C17H24N2OS/c1-13(2)11-18-9-4-10-20-16-7-5-15(6-8-16)17-19-14(3)12-21-17/h5-8,12-13,18H,4,9-11H2,1-3H3. The van der Waals surface area contributed by atoms with Gasteiger partial charge in [0.2, 0.25) is 0 Å². The second kappa shape index (κ2) is 8.15. The summed E-state index contributed by atoms with van der Waals surface area (Å²) in [5, 5.41) is 6.56. The Morgan fingerprint density at radius 1 is 1.24 bits per heavy atom. The summed E-state index contributed by atoms with van der Waals surface area (Å²) in [4.78, 5) is 4.49. The number of hydrogen-bond acceptors (Lipinski definition) is 4. The van der Waals surface area contributed by atoms with E-state index in [1.54, 1.807) is 11.3 Å². The fourth-order valence-electron chi connectivity index (χ4n) is 1.96. The van der Waals surface area contributed by atoms with E-state index in [1.807, 2.05) is 19.1 Å². The maximum atomic E-state index is 5.75. The number of aromatic nitrogens is 1. The molecule has 0 amide bonds. The van der Waals surface area contributed by atoms with Crippen LogP contribution in [0.2, 0.25) is 0 Å². The van der Waals surface area contributed by atoms with Gasteiger partial charge in [0.15, 0.2) is 0 Å². The number of rotatable bonds is 8. The highest BCUT2D eigenvalue weighted by atomic mass is 32.1. The average Bonchev–Trinajstić information content (AvgIpc) is 2.90. The van der Waals surface area contributed by atoms with E-state index in [0.717, 1.165) is 48.1 Å². The minimum atomic E-state index is 0.702. The molecular formula is C17H24N2OS. The monoisotopic (exact) mass is 304 g/mol. The fraction of sp³-hybridized carbons (Fsp3) is 0.471. The minimum Gasteiger partial charge on any atom is -0.494 e. The highest BCUT2D eigenvalue weighted by molar-refractivity contribution is 7.13. The number of thiazole rings is 1. The van der Waals surface area contributed by atoms with Crippen LogP contribution in [0.15, 0.2) is 29.6 Å². The summed E-state index contributed by atoms with van der Waals surface area (Å²) in [6.07, 6.45) is 1.03. The molecule has 4 heteroatoms. The molecule has 0 bridgehead atoms. The van der Waals surface area contributed by atoms with Crippen molar-refractivity contribution in [1.82, 2.24) is 10.3 Å². The van der Waals surface area contributed by atoms with Crippen molar-refractivity contribution in [1.29, 1.82) is 0 Å². The largest absolute Gasteiger partial charge is 0.494 e. The zero-order valence-corrected chi connectivity index (χ0v) is 13.9. The van der Waals surface area contributed by atoms with E-state index in [9.17, 15) is 0 Å². The van der Waals surface area contributed by atoms with Crippen molar-refractivity contribution in [2.75, 3.05) is 19.7 Å². The quantitative estimate of drug-likeness (QED) is 0.745. The lowest BCUT2D eigenvalue weighted by molar-refractivity contribution is 0.307. The molecule has 0 unspecified atom stereocenters. The van der Waals surface area contributed by atoms with Gasteiger partial charge in [-0.2, -0.15) is 0 Å². The molecule has 2 aromatic rings. The molecule has 0 radical (unpaired) electrons. The molecule has 1 heterocycles. The molecular weight excluding hydrogens is 280 g/mol. The summed E-state index contributed by atoms with van der Waals surface area (Å²) < 4.78 is 5.75. The van der Waals surface area contributed by atoms with E-state index in [1.165, 1.54) is 0 Å². The molecule has 2 rings (SSSR count). The first-order valence-corrected chi connectivity index (χ1v) is 8.39. The van der Waals surface area contributed by atoms with Crippen LogP contribution < -0.4 is 10.1 Å². The molecule has 0 saturated heterocycles. The Bertz CT molecular complexity index is 534. The first-order chi connectivity index (χ1) is 10.1. The van der Waals surface area contributed by atoms with Crippen molar-refractivity contribution in [2.45, 2.75) is 27.2 Å². The summed E-state index contributed by atoms with van der Waals surface area (Å²) in [6.45, 7) is 9.28. The number of ether oxygens (including phenoxy) is 1. The summed E-state index contributed by atoms with van der Waals surface area (Å²) in [7, 11) is 0. The summed E-state index contributed by atoms with van der Waals surface area (Å²) in [6, 6.07) is 8.19. The fourth-order valence-corrected chi connectivity index (χ4v) is 2.76. The lowest BCUT2D eigenvalue weighted by atomic mass is 10.2. The first kappa shape index (κ1) is 16.0. The predicted molar refractivity (Wildman–Crippen MR) is 90.1 cm³/mol. The Morgan fingerprint density at radius 3 is 2.62 bits per heavy atom. The third kappa shape index (κ3) is 5.48. The molecule has 0 aliphatic rings. The van der Waals surface area contributed by atoms with Crippen LogP contribution in [0.1, 0.15) is 26.0 Å². The Balaban J connectivity index is 1.73. The zero-order chi connectivity index (χ0) is 15.1. The van der Waals surface area contributed by atoms with Gasteiger partial charge in [-0.15, -0.1) is 11.3 Å². The Hall–Kier alpha value is -1.39. The van der Waals surface area contributed by atoms with E-state index in [2.05, 4.69) is 41.7 Å². The van der Waals surface area contributed by atoms with E-state index in [4.69, 9.17) is 4.74 Å². The number of nitrogens with one attached hydrogen (secondary N) is 1. The van der Waals surface area contributed by atoms with Gasteiger partial charge in [-0.3, -0.25) is 0 Å². The van der Waals surface area contributed by atoms with Crippen LogP contribution in [0.25, 0.3) is 10.6 Å². The lowest BCUT2D eigenvalue weighted by Gasteiger charge is -2.09. The summed E-state index contributed by atoms with van der Waals surface area (Å²) in [5.74, 6) is 1.63. The second-order valence-electron chi connectivity index (χ2n) is 5.62. The topological polar surface area (TPSA) is 34.1 Å². The minimum absolute atomic E-state index is 0.702. The lowest BCUT2D eigenvalue weighted by Crippen LogP contribution is -2.22. The normalized spacial score (nSPS) is 11.0. The Kier molecular flexibility index (Phi) is 6.21. The molecule has 21 heavy (non-hydrogen) atoms. The molecule has 0 fully saturated rings. The van der Waals surface area contributed by atoms with Crippen molar-refractivity contribution in [3.8, 4) is 16.3 Å². The molecule has 114 valence electrons. The smallest absolute Gasteiger partial charge is 0.123 e. The molecule has 0 spiro atoms. The van der Waals surface area contributed by atoms with Crippen molar-refractivity contribution < 1.29 is 4.74 Å². The van der Waals surface area contributed by atoms with E-state index < -0.39 is 0 Å². The third-order valence-corrected chi connectivity index (χ3v) is 4.05. The number of hydrogen-bond donors (Lipinski definition) is 1. The average molecular weight is 304 g/mol.